The number of hydrogen-bond donors (Lipinski definition) is 1. The Hall–Kier alpha value is -3.25. The molecule has 9 nitrogen and oxygen atoms in total. The Bertz CT molecular complexity index is 1010. The van der Waals surface area contributed by atoms with Gasteiger partial charge in [-0.25, -0.2) is 4.79 Å². The number of nitrogens with two attached hydrogens (primary N) is 1. The number of ether oxygens (including phenoxy) is 3. The number of esters is 1. The van der Waals surface area contributed by atoms with Crippen LogP contribution < -0.4 is 10.5 Å². The van der Waals surface area contributed by atoms with Gasteiger partial charge in [-0.3, -0.25) is 25.0 Å². The molecule has 176 valence electrons. The highest BCUT2D eigenvalue weighted by molar-refractivity contribution is 6.07. The Balaban J connectivity index is 1.61. The molecule has 0 aromatic heterocycles. The maximum atomic E-state index is 13.1. The molecule has 3 heterocycles. The fourth-order valence-corrected chi connectivity index (χ4v) is 4.34. The van der Waals surface area contributed by atoms with Crippen molar-refractivity contribution < 1.29 is 46.6 Å². The molecule has 6 unspecified atom stereocenters. The van der Waals surface area contributed by atoms with Gasteiger partial charge in [-0.15, -0.1) is 0 Å². The van der Waals surface area contributed by atoms with E-state index in [1.54, 1.807) is 31.2 Å². The summed E-state index contributed by atoms with van der Waals surface area (Å²) in [4.78, 5) is 49.6. The number of carbonyl (C=O) groups is 4. The fraction of sp³-hybridized carbons (Fsp3) is 0.429. The fourth-order valence-electron chi connectivity index (χ4n) is 4.34. The van der Waals surface area contributed by atoms with Crippen molar-refractivity contribution in [1.82, 2.24) is 4.90 Å². The van der Waals surface area contributed by atoms with Gasteiger partial charge in [-0.1, -0.05) is 24.3 Å². The van der Waals surface area contributed by atoms with Crippen molar-refractivity contribution in [3.8, 4) is 5.75 Å². The Morgan fingerprint density at radius 1 is 1.21 bits per heavy atom. The van der Waals surface area contributed by atoms with Crippen molar-refractivity contribution >= 4 is 24.1 Å². The SMILES string of the molecule is Cc1cccc(OCC(C(N)OC(=O)C(F)(F)F)N2C(=O)C3C4C=CC(O4)C3C2=O)c1C=O. The second-order valence-corrected chi connectivity index (χ2v) is 7.90. The number of aryl methyl sites for hydroxylation is 1. The average Bonchev–Trinajstić information content (AvgIpc) is 3.42. The van der Waals surface area contributed by atoms with Gasteiger partial charge in [0.2, 0.25) is 11.8 Å². The zero-order valence-electron chi connectivity index (χ0n) is 17.2. The lowest BCUT2D eigenvalue weighted by Crippen LogP contribution is -2.56. The molecule has 0 spiro atoms. The van der Waals surface area contributed by atoms with E-state index in [0.717, 1.165) is 0 Å². The van der Waals surface area contributed by atoms with Gasteiger partial charge in [-0.2, -0.15) is 13.2 Å². The first-order valence-electron chi connectivity index (χ1n) is 9.96. The monoisotopic (exact) mass is 468 g/mol. The Morgan fingerprint density at radius 3 is 2.36 bits per heavy atom. The lowest BCUT2D eigenvalue weighted by molar-refractivity contribution is -0.208. The van der Waals surface area contributed by atoms with Crippen LogP contribution in [0, 0.1) is 18.8 Å². The van der Waals surface area contributed by atoms with Crippen molar-refractivity contribution in [3.05, 3.63) is 41.5 Å². The van der Waals surface area contributed by atoms with Crippen molar-refractivity contribution in [2.75, 3.05) is 6.61 Å². The zero-order valence-corrected chi connectivity index (χ0v) is 17.2. The number of benzene rings is 1. The molecular formula is C21H19F3N2O7. The molecule has 0 saturated carbocycles. The average molecular weight is 468 g/mol. The molecule has 2 bridgehead atoms. The minimum atomic E-state index is -5.34. The van der Waals surface area contributed by atoms with E-state index in [-0.39, 0.29) is 11.3 Å². The minimum Gasteiger partial charge on any atom is -0.490 e. The van der Waals surface area contributed by atoms with Gasteiger partial charge >= 0.3 is 12.1 Å². The summed E-state index contributed by atoms with van der Waals surface area (Å²) in [5.41, 5.74) is 6.47. The molecule has 1 aromatic rings. The van der Waals surface area contributed by atoms with Crippen LogP contribution in [-0.4, -0.2) is 66.2 Å². The van der Waals surface area contributed by atoms with Gasteiger partial charge in [-0.05, 0) is 18.6 Å². The molecule has 0 radical (unpaired) electrons. The predicted molar refractivity (Wildman–Crippen MR) is 103 cm³/mol. The second kappa shape index (κ2) is 8.27. The minimum absolute atomic E-state index is 0.0636. The van der Waals surface area contributed by atoms with Crippen LogP contribution in [0.4, 0.5) is 13.2 Å². The van der Waals surface area contributed by atoms with Gasteiger partial charge in [0.1, 0.15) is 18.4 Å². The van der Waals surface area contributed by atoms with E-state index in [2.05, 4.69) is 4.74 Å². The maximum absolute atomic E-state index is 13.1. The summed E-state index contributed by atoms with van der Waals surface area (Å²) in [6.07, 6.45) is -4.86. The molecule has 12 heteroatoms. The summed E-state index contributed by atoms with van der Waals surface area (Å²) in [7, 11) is 0. The number of halogens is 3. The molecule has 3 aliphatic heterocycles. The molecule has 6 atom stereocenters. The van der Waals surface area contributed by atoms with E-state index >= 15 is 0 Å². The van der Waals surface area contributed by atoms with Gasteiger partial charge in [0, 0.05) is 0 Å². The van der Waals surface area contributed by atoms with Crippen molar-refractivity contribution in [1.29, 1.82) is 0 Å². The first-order valence-corrected chi connectivity index (χ1v) is 9.96. The molecule has 0 aliphatic carbocycles. The number of carbonyl (C=O) groups excluding carboxylic acids is 4. The smallest absolute Gasteiger partial charge is 0.490 e. The van der Waals surface area contributed by atoms with Crippen LogP contribution in [-0.2, 0) is 23.9 Å². The molecule has 2 saturated heterocycles. The van der Waals surface area contributed by atoms with Crippen LogP contribution in [0.1, 0.15) is 15.9 Å². The van der Waals surface area contributed by atoms with Crippen LogP contribution in [0.2, 0.25) is 0 Å². The van der Waals surface area contributed by atoms with Gasteiger partial charge in [0.25, 0.3) is 0 Å². The number of hydrogen-bond acceptors (Lipinski definition) is 8. The van der Waals surface area contributed by atoms with Crippen LogP contribution in [0.3, 0.4) is 0 Å². The Labute approximate surface area is 185 Å². The summed E-state index contributed by atoms with van der Waals surface area (Å²) in [6, 6.07) is 3.07. The van der Waals surface area contributed by atoms with Gasteiger partial charge in [0.15, 0.2) is 12.5 Å². The van der Waals surface area contributed by atoms with Crippen LogP contribution in [0.15, 0.2) is 30.4 Å². The second-order valence-electron chi connectivity index (χ2n) is 7.90. The summed E-state index contributed by atoms with van der Waals surface area (Å²) >= 11 is 0. The number of rotatable bonds is 7. The zero-order chi connectivity index (χ0) is 24.1. The standard InChI is InChI=1S/C21H19F3N2O7/c1-9-3-2-4-12(10(9)7-27)31-8-11(17(25)33-20(30)21(22,23)24)26-18(28)15-13-5-6-14(32-13)16(15)19(26)29/h2-7,11,13-17H,8,25H2,1H3. The lowest BCUT2D eigenvalue weighted by atomic mass is 9.85. The van der Waals surface area contributed by atoms with Crippen LogP contribution in [0.5, 0.6) is 5.75 Å². The van der Waals surface area contributed by atoms with E-state index in [0.29, 0.717) is 16.7 Å². The topological polar surface area (TPSA) is 125 Å². The van der Waals surface area contributed by atoms with E-state index in [4.69, 9.17) is 15.2 Å². The number of nitrogens with zero attached hydrogens (tertiary/aromatic N) is 1. The quantitative estimate of drug-likeness (QED) is 0.206. The number of amides is 2. The van der Waals surface area contributed by atoms with E-state index in [1.165, 1.54) is 6.07 Å². The number of alkyl halides is 3. The first-order chi connectivity index (χ1) is 15.5. The number of aldehydes is 1. The Morgan fingerprint density at radius 2 is 1.82 bits per heavy atom. The number of fused-ring (bicyclic) bond motifs is 5. The number of likely N-dealkylation sites (tertiary alicyclic amines) is 1. The summed E-state index contributed by atoms with van der Waals surface area (Å²) in [5.74, 6) is -5.65. The highest BCUT2D eigenvalue weighted by Gasteiger charge is 2.62. The molecule has 3 aliphatic rings. The molecule has 2 amide bonds. The summed E-state index contributed by atoms with van der Waals surface area (Å²) in [5, 5.41) is 0. The largest absolute Gasteiger partial charge is 0.490 e. The highest BCUT2D eigenvalue weighted by atomic mass is 19.4. The maximum Gasteiger partial charge on any atom is 0.490 e. The molecule has 2 N–H and O–H groups in total. The van der Waals surface area contributed by atoms with Crippen molar-refractivity contribution in [2.45, 2.75) is 37.6 Å². The third-order valence-corrected chi connectivity index (χ3v) is 5.94. The molecule has 2 fully saturated rings. The molecule has 33 heavy (non-hydrogen) atoms. The molecule has 1 aromatic carbocycles. The molecule has 4 rings (SSSR count). The Kier molecular flexibility index (Phi) is 5.74. The number of imide groups is 1. The lowest BCUT2D eigenvalue weighted by Gasteiger charge is -2.31. The van der Waals surface area contributed by atoms with Crippen LogP contribution in [0.25, 0.3) is 0 Å². The van der Waals surface area contributed by atoms with E-state index in [1.807, 2.05) is 0 Å². The normalized spacial score (nSPS) is 27.5. The molecular weight excluding hydrogens is 449 g/mol. The van der Waals surface area contributed by atoms with Crippen LogP contribution >= 0.6 is 0 Å². The van der Waals surface area contributed by atoms with Crippen molar-refractivity contribution in [2.24, 2.45) is 17.6 Å². The predicted octanol–water partition coefficient (Wildman–Crippen LogP) is 0.884. The third kappa shape index (κ3) is 3.89. The van der Waals surface area contributed by atoms with Gasteiger partial charge in [0.05, 0.1) is 29.6 Å². The first kappa shape index (κ1) is 22.9. The third-order valence-electron chi connectivity index (χ3n) is 5.94. The van der Waals surface area contributed by atoms with Gasteiger partial charge < -0.3 is 14.2 Å². The summed E-state index contributed by atoms with van der Waals surface area (Å²) in [6.45, 7) is 1.03. The van der Waals surface area contributed by atoms with E-state index in [9.17, 15) is 32.3 Å². The van der Waals surface area contributed by atoms with Crippen molar-refractivity contribution in [3.63, 3.8) is 0 Å². The van der Waals surface area contributed by atoms with E-state index < -0.39 is 66.9 Å². The summed E-state index contributed by atoms with van der Waals surface area (Å²) < 4.78 is 53.6. The highest BCUT2D eigenvalue weighted by Crippen LogP contribution is 2.46.